The Labute approximate surface area is 402 Å². The summed E-state index contributed by atoms with van der Waals surface area (Å²) in [5, 5.41) is 4.12. The fourth-order valence-electron chi connectivity index (χ4n) is 8.77. The van der Waals surface area contributed by atoms with Crippen LogP contribution in [0, 0.1) is 0 Å². The first kappa shape index (κ1) is 55.6. The Morgan fingerprint density at radius 3 is 0.934 bits per heavy atom. The van der Waals surface area contributed by atoms with E-state index in [1.54, 1.807) is 12.1 Å². The van der Waals surface area contributed by atoms with Gasteiger partial charge in [0.05, 0.1) is 9.79 Å². The molecular weight excluding hydrogens is 825 g/mol. The molecule has 0 unspecified atom stereocenters. The fourth-order valence-corrected chi connectivity index (χ4v) is 10.3. The maximum atomic E-state index is 12.0. The van der Waals surface area contributed by atoms with Crippen LogP contribution >= 0.6 is 0 Å². The minimum atomic E-state index is -4.48. The van der Waals surface area contributed by atoms with Crippen LogP contribution in [-0.2, 0) is 45.9 Å². The predicted octanol–water partition coefficient (Wildman–Crippen LogP) is 14.7. The van der Waals surface area contributed by atoms with E-state index in [4.69, 9.17) is 0 Å². The third kappa shape index (κ3) is 20.0. The fraction of sp³-hybridized carbons (Fsp3) is 0.615. The van der Waals surface area contributed by atoms with E-state index >= 15 is 0 Å². The summed E-state index contributed by atoms with van der Waals surface area (Å²) in [6.45, 7) is 8.85. The minimum absolute atomic E-state index is 0. The van der Waals surface area contributed by atoms with Crippen LogP contribution in [0.5, 0.6) is 0 Å². The van der Waals surface area contributed by atoms with Crippen LogP contribution in [0.4, 0.5) is 0 Å². The van der Waals surface area contributed by atoms with Gasteiger partial charge in [-0.05, 0) is 107 Å². The molecule has 0 amide bonds. The summed E-state index contributed by atoms with van der Waals surface area (Å²) in [5.74, 6) is 0. The molecule has 4 aromatic carbocycles. The third-order valence-electron chi connectivity index (χ3n) is 12.1. The summed E-state index contributed by atoms with van der Waals surface area (Å²) in [7, 11) is -8.96. The monoisotopic (exact) mass is 902 g/mol. The van der Waals surface area contributed by atoms with Crippen molar-refractivity contribution in [1.82, 2.24) is 0 Å². The Bertz CT molecular complexity index is 1900. The summed E-state index contributed by atoms with van der Waals surface area (Å²) in [6, 6.07) is 19.0. The van der Waals surface area contributed by atoms with Crippen LogP contribution in [0.25, 0.3) is 21.5 Å². The van der Waals surface area contributed by atoms with Gasteiger partial charge in [0.1, 0.15) is 20.2 Å². The third-order valence-corrected chi connectivity index (χ3v) is 13.9. The molecule has 6 nitrogen and oxygen atoms in total. The summed E-state index contributed by atoms with van der Waals surface area (Å²) in [4.78, 5) is -0.0297. The molecule has 0 fully saturated rings. The number of hydrogen-bond donors (Lipinski definition) is 0. The first-order valence-electron chi connectivity index (χ1n) is 24.0. The standard InChI is InChI=1S/2C26H40O3S.Ca/c2*1-3-5-7-9-11-13-16-22-17-15-18-23-20-21-25(30(27,28)29)24(26(22)23)19-14-12-10-8-6-4-2;/h2*15,17-18,20-21H,3-14,16,19H2,1-2H3,(H,27,28,29);/q;;+2/p-2. The Morgan fingerprint density at radius 1 is 0.361 bits per heavy atom. The Kier molecular flexibility index (Phi) is 28.6. The molecule has 9 heteroatoms. The van der Waals surface area contributed by atoms with Crippen LogP contribution in [0.3, 0.4) is 0 Å². The predicted molar refractivity (Wildman–Crippen MR) is 258 cm³/mol. The van der Waals surface area contributed by atoms with Crippen molar-refractivity contribution >= 4 is 79.5 Å². The van der Waals surface area contributed by atoms with Crippen molar-refractivity contribution < 1.29 is 25.9 Å². The van der Waals surface area contributed by atoms with Crippen molar-refractivity contribution in [3.05, 3.63) is 82.9 Å². The van der Waals surface area contributed by atoms with E-state index in [0.29, 0.717) is 12.8 Å². The SMILES string of the molecule is CCCCCCCCc1cccc2ccc(S(=O)(=O)[O-])c(CCCCCCCC)c12.CCCCCCCCc1cccc2ccc(S(=O)(=O)[O-])c(CCCCCCCC)c12.[Ca+2]. The van der Waals surface area contributed by atoms with E-state index in [9.17, 15) is 25.9 Å². The van der Waals surface area contributed by atoms with E-state index in [1.165, 1.54) is 139 Å². The van der Waals surface area contributed by atoms with E-state index in [0.717, 1.165) is 84.0 Å². The second-order valence-electron chi connectivity index (χ2n) is 17.1. The molecule has 0 aliphatic rings. The van der Waals surface area contributed by atoms with Crippen LogP contribution < -0.4 is 0 Å². The van der Waals surface area contributed by atoms with Crippen LogP contribution in [0.1, 0.15) is 204 Å². The molecule has 0 aliphatic carbocycles. The maximum Gasteiger partial charge on any atom is 2.00 e. The van der Waals surface area contributed by atoms with Gasteiger partial charge in [-0.3, -0.25) is 0 Å². The van der Waals surface area contributed by atoms with Crippen LogP contribution in [0.2, 0.25) is 0 Å². The van der Waals surface area contributed by atoms with Gasteiger partial charge in [-0.2, -0.15) is 0 Å². The molecule has 0 aliphatic heterocycles. The molecule has 0 radical (unpaired) electrons. The van der Waals surface area contributed by atoms with E-state index < -0.39 is 20.2 Å². The van der Waals surface area contributed by atoms with E-state index in [1.807, 2.05) is 12.1 Å². The Morgan fingerprint density at radius 2 is 0.639 bits per heavy atom. The number of fused-ring (bicyclic) bond motifs is 2. The zero-order valence-corrected chi connectivity index (χ0v) is 42.4. The van der Waals surface area contributed by atoms with Crippen molar-refractivity contribution in [2.75, 3.05) is 0 Å². The molecule has 0 saturated carbocycles. The molecule has 0 spiro atoms. The molecule has 0 N–H and O–H groups in total. The molecule has 0 bridgehead atoms. The summed E-state index contributed by atoms with van der Waals surface area (Å²) < 4.78 is 71.9. The smallest absolute Gasteiger partial charge is 0.744 e. The van der Waals surface area contributed by atoms with Gasteiger partial charge in [0.15, 0.2) is 0 Å². The minimum Gasteiger partial charge on any atom is -0.744 e. The number of rotatable bonds is 30. The summed E-state index contributed by atoms with van der Waals surface area (Å²) in [5.41, 5.74) is 3.88. The first-order valence-corrected chi connectivity index (χ1v) is 26.8. The van der Waals surface area contributed by atoms with Crippen LogP contribution in [0.15, 0.2) is 70.5 Å². The van der Waals surface area contributed by atoms with Gasteiger partial charge in [0, 0.05) is 0 Å². The molecule has 336 valence electrons. The largest absolute Gasteiger partial charge is 2.00 e. The quantitative estimate of drug-likeness (QED) is 0.0292. The molecular formula is C52H78CaO6S2. The number of benzene rings is 4. The normalized spacial score (nSPS) is 11.8. The van der Waals surface area contributed by atoms with E-state index in [2.05, 4.69) is 52.0 Å². The molecule has 0 atom stereocenters. The molecule has 4 aromatic rings. The molecule has 0 aromatic heterocycles. The summed E-state index contributed by atoms with van der Waals surface area (Å²) >= 11 is 0. The zero-order valence-electron chi connectivity index (χ0n) is 38.5. The van der Waals surface area contributed by atoms with Crippen molar-refractivity contribution in [1.29, 1.82) is 0 Å². The van der Waals surface area contributed by atoms with Crippen molar-refractivity contribution in [3.63, 3.8) is 0 Å². The van der Waals surface area contributed by atoms with Gasteiger partial charge < -0.3 is 9.11 Å². The molecule has 0 heterocycles. The number of aryl methyl sites for hydroxylation is 4. The van der Waals surface area contributed by atoms with Crippen molar-refractivity contribution in [2.24, 2.45) is 0 Å². The topological polar surface area (TPSA) is 114 Å². The average molecular weight is 903 g/mol. The average Bonchev–Trinajstić information content (AvgIpc) is 3.22. The summed E-state index contributed by atoms with van der Waals surface area (Å²) in [6.07, 6.45) is 31.7. The Balaban J connectivity index is 0.000000413. The molecule has 61 heavy (non-hydrogen) atoms. The van der Waals surface area contributed by atoms with Gasteiger partial charge >= 0.3 is 37.7 Å². The van der Waals surface area contributed by atoms with Gasteiger partial charge in [0.25, 0.3) is 0 Å². The second-order valence-corrected chi connectivity index (χ2v) is 19.8. The van der Waals surface area contributed by atoms with Gasteiger partial charge in [-0.25, -0.2) is 16.8 Å². The first-order chi connectivity index (χ1) is 29.0. The Hall–Kier alpha value is -1.52. The second kappa shape index (κ2) is 31.4. The van der Waals surface area contributed by atoms with Gasteiger partial charge in [-0.1, -0.05) is 205 Å². The van der Waals surface area contributed by atoms with E-state index in [-0.39, 0.29) is 47.5 Å². The van der Waals surface area contributed by atoms with Crippen molar-refractivity contribution in [3.8, 4) is 0 Å². The zero-order chi connectivity index (χ0) is 43.6. The maximum absolute atomic E-state index is 12.0. The van der Waals surface area contributed by atoms with Gasteiger partial charge in [-0.15, -0.1) is 0 Å². The van der Waals surface area contributed by atoms with Crippen LogP contribution in [-0.4, -0.2) is 63.7 Å². The molecule has 0 saturated heterocycles. The van der Waals surface area contributed by atoms with Crippen molar-refractivity contribution in [2.45, 2.75) is 217 Å². The number of hydrogen-bond acceptors (Lipinski definition) is 6. The number of unbranched alkanes of at least 4 members (excludes halogenated alkanes) is 20. The molecule has 4 rings (SSSR count). The van der Waals surface area contributed by atoms with Gasteiger partial charge in [0.2, 0.25) is 0 Å².